The van der Waals surface area contributed by atoms with Crippen LogP contribution in [0.1, 0.15) is 31.0 Å². The van der Waals surface area contributed by atoms with Gasteiger partial charge in [-0.1, -0.05) is 41.7 Å². The number of thioether (sulfide) groups is 1. The number of para-hydroxylation sites is 1. The number of benzene rings is 2. The highest BCUT2D eigenvalue weighted by Crippen LogP contribution is 2.35. The molecular formula is C26H23N3O4S2. The van der Waals surface area contributed by atoms with E-state index in [-0.39, 0.29) is 11.5 Å². The summed E-state index contributed by atoms with van der Waals surface area (Å²) < 4.78 is 6.91. The largest absolute Gasteiger partial charge is 0.466 e. The van der Waals surface area contributed by atoms with E-state index >= 15 is 0 Å². The van der Waals surface area contributed by atoms with Crippen molar-refractivity contribution in [3.63, 3.8) is 0 Å². The van der Waals surface area contributed by atoms with Gasteiger partial charge in [0.15, 0.2) is 4.80 Å². The summed E-state index contributed by atoms with van der Waals surface area (Å²) in [4.78, 5) is 48.0. The third kappa shape index (κ3) is 3.57. The predicted octanol–water partition coefficient (Wildman–Crippen LogP) is 2.87. The van der Waals surface area contributed by atoms with Gasteiger partial charge in [-0.2, -0.15) is 0 Å². The van der Waals surface area contributed by atoms with Crippen molar-refractivity contribution in [1.82, 2.24) is 4.57 Å². The number of esters is 1. The monoisotopic (exact) mass is 505 g/mol. The van der Waals surface area contributed by atoms with Crippen LogP contribution < -0.4 is 19.8 Å². The molecule has 3 aromatic rings. The van der Waals surface area contributed by atoms with Crippen LogP contribution in [0.4, 0.5) is 5.69 Å². The molecule has 1 amide bonds. The fraction of sp³-hybridized carbons (Fsp3) is 0.231. The Morgan fingerprint density at radius 1 is 1.14 bits per heavy atom. The minimum absolute atomic E-state index is 0.205. The van der Waals surface area contributed by atoms with E-state index < -0.39 is 12.0 Å². The molecule has 0 N–H and O–H groups in total. The number of amides is 1. The van der Waals surface area contributed by atoms with E-state index in [0.717, 1.165) is 21.7 Å². The number of hydrogen-bond acceptors (Lipinski definition) is 7. The number of thiazole rings is 1. The summed E-state index contributed by atoms with van der Waals surface area (Å²) in [5, 5.41) is 0. The number of aromatic nitrogens is 1. The molecule has 2 aliphatic rings. The summed E-state index contributed by atoms with van der Waals surface area (Å²) in [5.41, 5.74) is 3.11. The Labute approximate surface area is 210 Å². The van der Waals surface area contributed by atoms with Crippen molar-refractivity contribution >= 4 is 46.2 Å². The number of rotatable bonds is 4. The summed E-state index contributed by atoms with van der Waals surface area (Å²) in [6.45, 7) is 4.14. The standard InChI is InChI=1S/C26H23N3O4S2/c1-5-28-18-9-7-6-8-17(18)20(23(28)30)22-24(31)29-21(15-10-12-16(34-4)13-11-15)19(25(32)33-3)14(2)27-26(29)35-22/h6-13,21H,5H2,1-4H3. The number of likely N-dealkylation sites (N-methyl/N-ethyl adjacent to an activating group) is 1. The van der Waals surface area contributed by atoms with Crippen LogP contribution in [-0.4, -0.2) is 36.4 Å². The van der Waals surface area contributed by atoms with Gasteiger partial charge >= 0.3 is 5.97 Å². The summed E-state index contributed by atoms with van der Waals surface area (Å²) in [6.07, 6.45) is 1.99. The minimum atomic E-state index is -0.710. The van der Waals surface area contributed by atoms with Crippen molar-refractivity contribution in [1.29, 1.82) is 0 Å². The van der Waals surface area contributed by atoms with Gasteiger partial charge in [-0.3, -0.25) is 14.2 Å². The van der Waals surface area contributed by atoms with Crippen molar-refractivity contribution < 1.29 is 14.3 Å². The second kappa shape index (κ2) is 8.98. The molecule has 0 fully saturated rings. The summed E-state index contributed by atoms with van der Waals surface area (Å²) in [6, 6.07) is 14.5. The quantitative estimate of drug-likeness (QED) is 0.402. The van der Waals surface area contributed by atoms with Crippen molar-refractivity contribution in [3.05, 3.63) is 90.6 Å². The molecule has 0 bridgehead atoms. The molecule has 0 aliphatic carbocycles. The van der Waals surface area contributed by atoms with Gasteiger partial charge in [-0.15, -0.1) is 11.8 Å². The van der Waals surface area contributed by atoms with Crippen molar-refractivity contribution in [2.24, 2.45) is 4.99 Å². The Morgan fingerprint density at radius 3 is 2.51 bits per heavy atom. The Balaban J connectivity index is 1.82. The number of nitrogens with zero attached hydrogens (tertiary/aromatic N) is 3. The van der Waals surface area contributed by atoms with Crippen LogP contribution in [0, 0.1) is 0 Å². The molecule has 0 radical (unpaired) electrons. The fourth-order valence-electron chi connectivity index (χ4n) is 4.66. The van der Waals surface area contributed by atoms with E-state index in [1.54, 1.807) is 23.6 Å². The number of anilines is 1. The SMILES string of the molecule is CCN1C(=O)C(=c2sc3n(c2=O)C(c2ccc(SC)cc2)C(C(=O)OC)=C(C)N=3)c2ccccc21. The maximum atomic E-state index is 14.0. The molecule has 1 aromatic heterocycles. The first-order valence-electron chi connectivity index (χ1n) is 11.1. The van der Waals surface area contributed by atoms with E-state index in [1.807, 2.05) is 61.7 Å². The highest BCUT2D eigenvalue weighted by atomic mass is 32.2. The van der Waals surface area contributed by atoms with E-state index in [4.69, 9.17) is 4.74 Å². The van der Waals surface area contributed by atoms with Gasteiger partial charge in [0.05, 0.1) is 35.7 Å². The minimum Gasteiger partial charge on any atom is -0.466 e. The molecule has 0 saturated heterocycles. The van der Waals surface area contributed by atoms with Crippen LogP contribution in [0.15, 0.2) is 74.5 Å². The van der Waals surface area contributed by atoms with Gasteiger partial charge in [0, 0.05) is 17.0 Å². The smallest absolute Gasteiger partial charge is 0.338 e. The first-order chi connectivity index (χ1) is 16.9. The summed E-state index contributed by atoms with van der Waals surface area (Å²) in [5.74, 6) is -0.744. The lowest BCUT2D eigenvalue weighted by molar-refractivity contribution is -0.136. The van der Waals surface area contributed by atoms with Crippen LogP contribution in [0.2, 0.25) is 0 Å². The zero-order chi connectivity index (χ0) is 24.9. The number of ether oxygens (including phenoxy) is 1. The number of methoxy groups -OCH3 is 1. The number of hydrogen-bond donors (Lipinski definition) is 0. The van der Waals surface area contributed by atoms with Crippen LogP contribution >= 0.6 is 23.1 Å². The average Bonchev–Trinajstić information content (AvgIpc) is 3.34. The van der Waals surface area contributed by atoms with Gasteiger partial charge in [0.1, 0.15) is 4.53 Å². The third-order valence-corrected chi connectivity index (χ3v) is 8.10. The lowest BCUT2D eigenvalue weighted by Gasteiger charge is -2.24. The first kappa shape index (κ1) is 23.3. The van der Waals surface area contributed by atoms with E-state index in [1.165, 1.54) is 23.0 Å². The zero-order valence-corrected chi connectivity index (χ0v) is 21.3. The molecule has 7 nitrogen and oxygen atoms in total. The molecule has 0 saturated carbocycles. The molecule has 0 spiro atoms. The van der Waals surface area contributed by atoms with Gasteiger partial charge in [0.2, 0.25) is 0 Å². The maximum absolute atomic E-state index is 14.0. The Bertz CT molecular complexity index is 1580. The van der Waals surface area contributed by atoms with Crippen LogP contribution in [0.25, 0.3) is 5.57 Å². The first-order valence-corrected chi connectivity index (χ1v) is 13.1. The highest BCUT2D eigenvalue weighted by molar-refractivity contribution is 7.98. The molecular weight excluding hydrogens is 482 g/mol. The third-order valence-electron chi connectivity index (χ3n) is 6.30. The molecule has 2 aliphatic heterocycles. The Hall–Kier alpha value is -3.43. The molecule has 2 aromatic carbocycles. The molecule has 3 heterocycles. The lowest BCUT2D eigenvalue weighted by Crippen LogP contribution is -2.40. The molecule has 178 valence electrons. The highest BCUT2D eigenvalue weighted by Gasteiger charge is 2.36. The Kier molecular flexibility index (Phi) is 5.98. The van der Waals surface area contributed by atoms with Crippen molar-refractivity contribution in [2.45, 2.75) is 24.8 Å². The van der Waals surface area contributed by atoms with Gasteiger partial charge in [-0.05, 0) is 43.9 Å². The molecule has 1 atom stereocenters. The lowest BCUT2D eigenvalue weighted by atomic mass is 9.96. The normalized spacial score (nSPS) is 18.3. The van der Waals surface area contributed by atoms with E-state index in [9.17, 15) is 14.4 Å². The van der Waals surface area contributed by atoms with Gasteiger partial charge in [0.25, 0.3) is 11.5 Å². The van der Waals surface area contributed by atoms with E-state index in [0.29, 0.717) is 32.7 Å². The number of carbonyl (C=O) groups excluding carboxylic acids is 2. The van der Waals surface area contributed by atoms with Crippen molar-refractivity contribution in [3.8, 4) is 0 Å². The topological polar surface area (TPSA) is 81.0 Å². The molecule has 9 heteroatoms. The predicted molar refractivity (Wildman–Crippen MR) is 137 cm³/mol. The summed E-state index contributed by atoms with van der Waals surface area (Å²) in [7, 11) is 1.32. The van der Waals surface area contributed by atoms with E-state index in [2.05, 4.69) is 4.99 Å². The number of carbonyl (C=O) groups is 2. The van der Waals surface area contributed by atoms with Crippen LogP contribution in [0.3, 0.4) is 0 Å². The second-order valence-electron chi connectivity index (χ2n) is 8.11. The van der Waals surface area contributed by atoms with Gasteiger partial charge in [-0.25, -0.2) is 9.79 Å². The number of fused-ring (bicyclic) bond motifs is 2. The molecule has 35 heavy (non-hydrogen) atoms. The molecule has 1 unspecified atom stereocenters. The summed E-state index contributed by atoms with van der Waals surface area (Å²) >= 11 is 2.79. The van der Waals surface area contributed by atoms with Crippen LogP contribution in [0.5, 0.6) is 0 Å². The van der Waals surface area contributed by atoms with Crippen molar-refractivity contribution in [2.75, 3.05) is 24.8 Å². The zero-order valence-electron chi connectivity index (χ0n) is 19.7. The second-order valence-corrected chi connectivity index (χ2v) is 9.97. The van der Waals surface area contributed by atoms with Gasteiger partial charge < -0.3 is 9.64 Å². The maximum Gasteiger partial charge on any atom is 0.338 e. The van der Waals surface area contributed by atoms with Crippen LogP contribution in [-0.2, 0) is 14.3 Å². The molecule has 5 rings (SSSR count). The average molecular weight is 506 g/mol. The fourth-order valence-corrected chi connectivity index (χ4v) is 6.20. The Morgan fingerprint density at radius 2 is 1.86 bits per heavy atom. The number of allylic oxidation sites excluding steroid dienone is 1.